The Morgan fingerprint density at radius 3 is 2.40 bits per heavy atom. The summed E-state index contributed by atoms with van der Waals surface area (Å²) in [6.07, 6.45) is 5.27. The van der Waals surface area contributed by atoms with Crippen LogP contribution < -0.4 is 5.73 Å². The molecule has 0 bridgehead atoms. The molecule has 1 aliphatic rings. The van der Waals surface area contributed by atoms with Crippen LogP contribution in [0.15, 0.2) is 0 Å². The Balaban J connectivity index is 2.32. The van der Waals surface area contributed by atoms with Crippen molar-refractivity contribution in [3.8, 4) is 0 Å². The van der Waals surface area contributed by atoms with Crippen LogP contribution in [0.2, 0.25) is 0 Å². The van der Waals surface area contributed by atoms with E-state index in [0.717, 1.165) is 11.8 Å². The molecule has 0 saturated heterocycles. The first kappa shape index (κ1) is 8.06. The minimum atomic E-state index is 0.501. The molecule has 0 aromatic rings. The third-order valence-corrected chi connectivity index (χ3v) is 2.70. The van der Waals surface area contributed by atoms with E-state index in [1.165, 1.54) is 25.7 Å². The van der Waals surface area contributed by atoms with Crippen molar-refractivity contribution in [2.45, 2.75) is 45.6 Å². The molecule has 0 radical (unpaired) electrons. The normalized spacial score (nSPS) is 34.8. The van der Waals surface area contributed by atoms with Crippen LogP contribution in [0.5, 0.6) is 0 Å². The quantitative estimate of drug-likeness (QED) is 0.595. The molecular weight excluding hydrogens is 122 g/mol. The highest BCUT2D eigenvalue weighted by Crippen LogP contribution is 2.28. The molecule has 1 heteroatoms. The molecule has 0 aromatic heterocycles. The topological polar surface area (TPSA) is 26.0 Å². The van der Waals surface area contributed by atoms with Gasteiger partial charge in [0.15, 0.2) is 0 Å². The molecule has 2 atom stereocenters. The van der Waals surface area contributed by atoms with Crippen molar-refractivity contribution in [1.29, 1.82) is 0 Å². The summed E-state index contributed by atoms with van der Waals surface area (Å²) >= 11 is 0. The molecule has 0 unspecified atom stereocenters. The average Bonchev–Trinajstić information content (AvgIpc) is 1.88. The first-order valence-corrected chi connectivity index (χ1v) is 4.45. The summed E-state index contributed by atoms with van der Waals surface area (Å²) in [6.45, 7) is 4.62. The Kier molecular flexibility index (Phi) is 2.72. The van der Waals surface area contributed by atoms with Crippen molar-refractivity contribution in [3.63, 3.8) is 0 Å². The van der Waals surface area contributed by atoms with Gasteiger partial charge < -0.3 is 5.73 Å². The lowest BCUT2D eigenvalue weighted by Crippen LogP contribution is -2.29. The summed E-state index contributed by atoms with van der Waals surface area (Å²) in [5, 5.41) is 0. The molecule has 0 spiro atoms. The predicted molar refractivity (Wildman–Crippen MR) is 44.8 cm³/mol. The largest absolute Gasteiger partial charge is 0.328 e. The van der Waals surface area contributed by atoms with Gasteiger partial charge in [-0.05, 0) is 24.7 Å². The minimum Gasteiger partial charge on any atom is -0.328 e. The highest BCUT2D eigenvalue weighted by Gasteiger charge is 2.21. The van der Waals surface area contributed by atoms with Gasteiger partial charge in [0.1, 0.15) is 0 Å². The van der Waals surface area contributed by atoms with Crippen molar-refractivity contribution in [1.82, 2.24) is 0 Å². The highest BCUT2D eigenvalue weighted by molar-refractivity contribution is 4.76. The van der Waals surface area contributed by atoms with Gasteiger partial charge in [-0.25, -0.2) is 0 Å². The van der Waals surface area contributed by atoms with Crippen LogP contribution in [0.4, 0.5) is 0 Å². The lowest BCUT2D eigenvalue weighted by Gasteiger charge is -2.29. The van der Waals surface area contributed by atoms with E-state index >= 15 is 0 Å². The fraction of sp³-hybridized carbons (Fsp3) is 1.00. The van der Waals surface area contributed by atoms with Crippen molar-refractivity contribution >= 4 is 0 Å². The van der Waals surface area contributed by atoms with Gasteiger partial charge >= 0.3 is 0 Å². The second-order valence-corrected chi connectivity index (χ2v) is 3.93. The Labute approximate surface area is 64.0 Å². The fourth-order valence-electron chi connectivity index (χ4n) is 1.87. The Morgan fingerprint density at radius 1 is 1.30 bits per heavy atom. The maximum atomic E-state index is 5.86. The molecule has 1 fully saturated rings. The van der Waals surface area contributed by atoms with Crippen LogP contribution >= 0.6 is 0 Å². The molecule has 1 nitrogen and oxygen atoms in total. The third kappa shape index (κ3) is 1.98. The number of hydrogen-bond acceptors (Lipinski definition) is 1. The van der Waals surface area contributed by atoms with E-state index in [9.17, 15) is 0 Å². The van der Waals surface area contributed by atoms with Gasteiger partial charge in [-0.15, -0.1) is 0 Å². The molecule has 10 heavy (non-hydrogen) atoms. The monoisotopic (exact) mass is 141 g/mol. The van der Waals surface area contributed by atoms with Gasteiger partial charge in [-0.1, -0.05) is 26.7 Å². The first-order chi connectivity index (χ1) is 4.70. The van der Waals surface area contributed by atoms with Crippen LogP contribution in [-0.2, 0) is 0 Å². The van der Waals surface area contributed by atoms with E-state index in [2.05, 4.69) is 13.8 Å². The SMILES string of the molecule is CC(C)[C@H]1CCC[C@H](N)C1. The van der Waals surface area contributed by atoms with Gasteiger partial charge in [0, 0.05) is 6.04 Å². The Bertz CT molecular complexity index is 98.9. The molecule has 0 heterocycles. The van der Waals surface area contributed by atoms with E-state index in [4.69, 9.17) is 5.73 Å². The van der Waals surface area contributed by atoms with Crippen molar-refractivity contribution in [2.75, 3.05) is 0 Å². The van der Waals surface area contributed by atoms with Crippen molar-refractivity contribution < 1.29 is 0 Å². The number of rotatable bonds is 1. The average molecular weight is 141 g/mol. The first-order valence-electron chi connectivity index (χ1n) is 4.45. The molecule has 0 amide bonds. The maximum absolute atomic E-state index is 5.86. The van der Waals surface area contributed by atoms with Gasteiger partial charge in [0.25, 0.3) is 0 Å². The Hall–Kier alpha value is -0.0400. The number of nitrogens with two attached hydrogens (primary N) is 1. The highest BCUT2D eigenvalue weighted by atomic mass is 14.6. The molecular formula is C9H19N. The van der Waals surface area contributed by atoms with E-state index in [1.807, 2.05) is 0 Å². The summed E-state index contributed by atoms with van der Waals surface area (Å²) in [5.41, 5.74) is 5.86. The zero-order valence-electron chi connectivity index (χ0n) is 7.14. The molecule has 1 rings (SSSR count). The van der Waals surface area contributed by atoms with Gasteiger partial charge in [0.2, 0.25) is 0 Å². The van der Waals surface area contributed by atoms with Crippen LogP contribution in [0.25, 0.3) is 0 Å². The van der Waals surface area contributed by atoms with E-state index in [0.29, 0.717) is 6.04 Å². The Morgan fingerprint density at radius 2 is 2.00 bits per heavy atom. The lowest BCUT2D eigenvalue weighted by atomic mass is 9.80. The van der Waals surface area contributed by atoms with Gasteiger partial charge in [0.05, 0.1) is 0 Å². The van der Waals surface area contributed by atoms with Crippen LogP contribution in [0, 0.1) is 11.8 Å². The molecule has 2 N–H and O–H groups in total. The predicted octanol–water partition coefficient (Wildman–Crippen LogP) is 2.16. The summed E-state index contributed by atoms with van der Waals surface area (Å²) in [7, 11) is 0. The summed E-state index contributed by atoms with van der Waals surface area (Å²) in [4.78, 5) is 0. The molecule has 0 aliphatic heterocycles. The standard InChI is InChI=1S/C9H19N/c1-7(2)8-4-3-5-9(10)6-8/h7-9H,3-6,10H2,1-2H3/t8-,9-/m0/s1. The van der Waals surface area contributed by atoms with E-state index < -0.39 is 0 Å². The molecule has 1 aliphatic carbocycles. The van der Waals surface area contributed by atoms with Crippen LogP contribution in [0.3, 0.4) is 0 Å². The van der Waals surface area contributed by atoms with Crippen LogP contribution in [-0.4, -0.2) is 6.04 Å². The second kappa shape index (κ2) is 3.38. The zero-order valence-corrected chi connectivity index (χ0v) is 7.14. The minimum absolute atomic E-state index is 0.501. The van der Waals surface area contributed by atoms with Gasteiger partial charge in [-0.3, -0.25) is 0 Å². The molecule has 0 aromatic carbocycles. The fourth-order valence-corrected chi connectivity index (χ4v) is 1.87. The summed E-state index contributed by atoms with van der Waals surface area (Å²) < 4.78 is 0. The van der Waals surface area contributed by atoms with Crippen molar-refractivity contribution in [2.24, 2.45) is 17.6 Å². The third-order valence-electron chi connectivity index (χ3n) is 2.70. The zero-order chi connectivity index (χ0) is 7.56. The smallest absolute Gasteiger partial charge is 0.00415 e. The lowest BCUT2D eigenvalue weighted by molar-refractivity contribution is 0.255. The van der Waals surface area contributed by atoms with Gasteiger partial charge in [-0.2, -0.15) is 0 Å². The van der Waals surface area contributed by atoms with E-state index in [1.54, 1.807) is 0 Å². The van der Waals surface area contributed by atoms with E-state index in [-0.39, 0.29) is 0 Å². The molecule has 1 saturated carbocycles. The second-order valence-electron chi connectivity index (χ2n) is 3.93. The summed E-state index contributed by atoms with van der Waals surface area (Å²) in [5.74, 6) is 1.75. The molecule has 60 valence electrons. The summed E-state index contributed by atoms with van der Waals surface area (Å²) in [6, 6.07) is 0.501. The number of hydrogen-bond donors (Lipinski definition) is 1. The maximum Gasteiger partial charge on any atom is 0.00415 e. The van der Waals surface area contributed by atoms with Crippen molar-refractivity contribution in [3.05, 3.63) is 0 Å². The van der Waals surface area contributed by atoms with Crippen LogP contribution in [0.1, 0.15) is 39.5 Å².